The van der Waals surface area contributed by atoms with E-state index in [0.29, 0.717) is 0 Å². The van der Waals surface area contributed by atoms with Crippen molar-refractivity contribution in [2.75, 3.05) is 0 Å². The molecule has 2 rings (SSSR count). The van der Waals surface area contributed by atoms with Gasteiger partial charge in [-0.1, -0.05) is 19.3 Å². The van der Waals surface area contributed by atoms with Crippen LogP contribution in [-0.4, -0.2) is 28.1 Å². The number of amides is 1. The SMILES string of the molecule is O=C(NN=Cc1ccn(CC(F)(F)F)n1)C1CCCCC1. The highest BCUT2D eigenvalue weighted by Gasteiger charge is 2.28. The minimum absolute atomic E-state index is 0.0151. The number of alkyl halides is 3. The number of carbonyl (C=O) groups excluding carboxylic acids is 1. The summed E-state index contributed by atoms with van der Waals surface area (Å²) in [6, 6.07) is 1.40. The highest BCUT2D eigenvalue weighted by molar-refractivity contribution is 5.82. The van der Waals surface area contributed by atoms with Crippen molar-refractivity contribution < 1.29 is 18.0 Å². The van der Waals surface area contributed by atoms with E-state index >= 15 is 0 Å². The molecule has 1 aliphatic rings. The summed E-state index contributed by atoms with van der Waals surface area (Å²) >= 11 is 0. The number of hydrogen-bond acceptors (Lipinski definition) is 3. The van der Waals surface area contributed by atoms with Crippen molar-refractivity contribution in [3.8, 4) is 0 Å². The maximum Gasteiger partial charge on any atom is 0.408 e. The molecule has 21 heavy (non-hydrogen) atoms. The number of nitrogens with one attached hydrogen (secondary N) is 1. The average molecular weight is 302 g/mol. The summed E-state index contributed by atoms with van der Waals surface area (Å²) in [6.45, 7) is -1.14. The summed E-state index contributed by atoms with van der Waals surface area (Å²) in [5, 5.41) is 7.45. The molecular formula is C13H17F3N4O. The zero-order chi connectivity index (χ0) is 15.3. The average Bonchev–Trinajstić information content (AvgIpc) is 2.85. The Morgan fingerprint density at radius 3 is 2.81 bits per heavy atom. The molecule has 0 spiro atoms. The molecule has 0 aliphatic heterocycles. The van der Waals surface area contributed by atoms with Gasteiger partial charge >= 0.3 is 6.18 Å². The number of hydrogen-bond donors (Lipinski definition) is 1. The quantitative estimate of drug-likeness (QED) is 0.686. The monoisotopic (exact) mass is 302 g/mol. The Kier molecular flexibility index (Phi) is 4.98. The van der Waals surface area contributed by atoms with Crippen molar-refractivity contribution in [2.45, 2.75) is 44.8 Å². The van der Waals surface area contributed by atoms with Gasteiger partial charge in [-0.05, 0) is 18.9 Å². The van der Waals surface area contributed by atoms with E-state index < -0.39 is 12.7 Å². The Labute approximate surface area is 120 Å². The van der Waals surface area contributed by atoms with Crippen LogP contribution in [0.15, 0.2) is 17.4 Å². The molecule has 0 aromatic carbocycles. The molecule has 5 nitrogen and oxygen atoms in total. The van der Waals surface area contributed by atoms with Crippen LogP contribution in [0, 0.1) is 5.92 Å². The molecule has 0 radical (unpaired) electrons. The summed E-state index contributed by atoms with van der Waals surface area (Å²) in [5.41, 5.74) is 2.68. The second-order valence-corrected chi connectivity index (χ2v) is 5.12. The predicted octanol–water partition coefficient (Wildman–Crippen LogP) is 2.48. The number of hydrazone groups is 1. The lowest BCUT2D eigenvalue weighted by molar-refractivity contribution is -0.142. The Morgan fingerprint density at radius 2 is 2.14 bits per heavy atom. The lowest BCUT2D eigenvalue weighted by Gasteiger charge is -2.19. The van der Waals surface area contributed by atoms with Crippen molar-refractivity contribution in [1.29, 1.82) is 0 Å². The Hall–Kier alpha value is -1.86. The highest BCUT2D eigenvalue weighted by Crippen LogP contribution is 2.23. The van der Waals surface area contributed by atoms with E-state index in [1.807, 2.05) is 0 Å². The van der Waals surface area contributed by atoms with Crippen molar-refractivity contribution in [1.82, 2.24) is 15.2 Å². The third kappa shape index (κ3) is 5.20. The van der Waals surface area contributed by atoms with Crippen molar-refractivity contribution in [3.05, 3.63) is 18.0 Å². The third-order valence-corrected chi connectivity index (χ3v) is 3.35. The van der Waals surface area contributed by atoms with E-state index in [0.717, 1.165) is 36.8 Å². The van der Waals surface area contributed by atoms with Crippen LogP contribution < -0.4 is 5.43 Å². The Balaban J connectivity index is 1.82. The van der Waals surface area contributed by atoms with Crippen molar-refractivity contribution in [2.24, 2.45) is 11.0 Å². The second-order valence-electron chi connectivity index (χ2n) is 5.12. The molecule has 1 heterocycles. The molecule has 8 heteroatoms. The van der Waals surface area contributed by atoms with Gasteiger partial charge in [0.05, 0.1) is 6.21 Å². The van der Waals surface area contributed by atoms with E-state index in [1.165, 1.54) is 18.5 Å². The van der Waals surface area contributed by atoms with E-state index in [1.54, 1.807) is 0 Å². The van der Waals surface area contributed by atoms with Gasteiger partial charge in [0.1, 0.15) is 12.2 Å². The molecule has 0 bridgehead atoms. The molecule has 1 amide bonds. The predicted molar refractivity (Wildman–Crippen MR) is 70.6 cm³/mol. The molecule has 0 saturated heterocycles. The molecule has 1 N–H and O–H groups in total. The molecule has 0 atom stereocenters. The zero-order valence-corrected chi connectivity index (χ0v) is 11.4. The number of aromatic nitrogens is 2. The smallest absolute Gasteiger partial charge is 0.273 e. The van der Waals surface area contributed by atoms with Gasteiger partial charge in [0, 0.05) is 12.1 Å². The Bertz CT molecular complexity index is 504. The lowest BCUT2D eigenvalue weighted by atomic mass is 9.89. The minimum atomic E-state index is -4.31. The molecule has 1 aromatic rings. The maximum absolute atomic E-state index is 12.2. The van der Waals surface area contributed by atoms with E-state index in [9.17, 15) is 18.0 Å². The Morgan fingerprint density at radius 1 is 1.43 bits per heavy atom. The fourth-order valence-electron chi connectivity index (χ4n) is 2.34. The van der Waals surface area contributed by atoms with Gasteiger partial charge in [-0.15, -0.1) is 0 Å². The number of rotatable bonds is 4. The van der Waals surface area contributed by atoms with Crippen molar-refractivity contribution in [3.63, 3.8) is 0 Å². The number of carbonyl (C=O) groups is 1. The second kappa shape index (κ2) is 6.73. The fourth-order valence-corrected chi connectivity index (χ4v) is 2.34. The molecule has 1 aliphatic carbocycles. The van der Waals surface area contributed by atoms with Crippen LogP contribution >= 0.6 is 0 Å². The van der Waals surface area contributed by atoms with Crippen LogP contribution in [0.4, 0.5) is 13.2 Å². The zero-order valence-electron chi connectivity index (χ0n) is 11.4. The van der Waals surface area contributed by atoms with Gasteiger partial charge < -0.3 is 0 Å². The molecule has 1 fully saturated rings. The first-order valence-electron chi connectivity index (χ1n) is 6.87. The fraction of sp³-hybridized carbons (Fsp3) is 0.615. The van der Waals surface area contributed by atoms with E-state index in [4.69, 9.17) is 0 Å². The van der Waals surface area contributed by atoms with Gasteiger partial charge in [-0.2, -0.15) is 23.4 Å². The van der Waals surface area contributed by atoms with Crippen LogP contribution in [0.25, 0.3) is 0 Å². The first-order valence-corrected chi connectivity index (χ1v) is 6.87. The van der Waals surface area contributed by atoms with Crippen LogP contribution in [0.5, 0.6) is 0 Å². The summed E-state index contributed by atoms with van der Waals surface area (Å²) in [5.74, 6) is -0.153. The van der Waals surface area contributed by atoms with Gasteiger partial charge in [0.15, 0.2) is 0 Å². The molecule has 1 saturated carbocycles. The van der Waals surface area contributed by atoms with E-state index in [-0.39, 0.29) is 17.5 Å². The molecule has 116 valence electrons. The standard InChI is InChI=1S/C13H17F3N4O/c14-13(15,16)9-20-7-6-11(19-20)8-17-18-12(21)10-4-2-1-3-5-10/h6-8,10H,1-5,9H2,(H,18,21). The molecule has 0 unspecified atom stereocenters. The third-order valence-electron chi connectivity index (χ3n) is 3.35. The minimum Gasteiger partial charge on any atom is -0.273 e. The molecule has 1 aromatic heterocycles. The summed E-state index contributed by atoms with van der Waals surface area (Å²) in [6.07, 6.45) is 3.13. The van der Waals surface area contributed by atoms with Crippen LogP contribution in [-0.2, 0) is 11.3 Å². The van der Waals surface area contributed by atoms with Gasteiger partial charge in [0.2, 0.25) is 5.91 Å². The summed E-state index contributed by atoms with van der Waals surface area (Å²) in [4.78, 5) is 11.8. The van der Waals surface area contributed by atoms with Crippen LogP contribution in [0.1, 0.15) is 37.8 Å². The normalized spacial score (nSPS) is 17.3. The summed E-state index contributed by atoms with van der Waals surface area (Å²) in [7, 11) is 0. The first-order chi connectivity index (χ1) is 9.94. The lowest BCUT2D eigenvalue weighted by Crippen LogP contribution is -2.28. The van der Waals surface area contributed by atoms with Gasteiger partial charge in [0.25, 0.3) is 0 Å². The number of halogens is 3. The largest absolute Gasteiger partial charge is 0.408 e. The van der Waals surface area contributed by atoms with Crippen LogP contribution in [0.2, 0.25) is 0 Å². The topological polar surface area (TPSA) is 59.3 Å². The van der Waals surface area contributed by atoms with Crippen LogP contribution in [0.3, 0.4) is 0 Å². The van der Waals surface area contributed by atoms with Crippen molar-refractivity contribution >= 4 is 12.1 Å². The molecular weight excluding hydrogens is 285 g/mol. The van der Waals surface area contributed by atoms with Gasteiger partial charge in [-0.25, -0.2) is 5.43 Å². The number of nitrogens with zero attached hydrogens (tertiary/aromatic N) is 3. The maximum atomic E-state index is 12.2. The highest BCUT2D eigenvalue weighted by atomic mass is 19.4. The van der Waals surface area contributed by atoms with E-state index in [2.05, 4.69) is 15.6 Å². The van der Waals surface area contributed by atoms with Gasteiger partial charge in [-0.3, -0.25) is 9.48 Å². The first kappa shape index (κ1) is 15.5. The summed E-state index contributed by atoms with van der Waals surface area (Å²) < 4.78 is 37.3.